The Morgan fingerprint density at radius 2 is 1.35 bits per heavy atom. The van der Waals surface area contributed by atoms with Crippen molar-refractivity contribution in [2.45, 2.75) is 19.4 Å². The molecular weight excluding hydrogens is 388 g/mol. The van der Waals surface area contributed by atoms with E-state index in [2.05, 4.69) is 56.5 Å². The predicted octanol–water partition coefficient (Wildman–Crippen LogP) is 0.826. The number of carbonyl (C=O) groups excluding carboxylic acids is 1. The molecule has 0 unspecified atom stereocenters. The van der Waals surface area contributed by atoms with Gasteiger partial charge in [-0.3, -0.25) is 19.5 Å². The van der Waals surface area contributed by atoms with Crippen LogP contribution in [0, 0.1) is 0 Å². The number of ketones is 1. The van der Waals surface area contributed by atoms with Gasteiger partial charge in [-0.05, 0) is 45.2 Å². The van der Waals surface area contributed by atoms with Crippen molar-refractivity contribution in [3.8, 4) is 0 Å². The van der Waals surface area contributed by atoms with Gasteiger partial charge in [0.05, 0.1) is 5.54 Å². The lowest BCUT2D eigenvalue weighted by Crippen LogP contribution is -2.52. The summed E-state index contributed by atoms with van der Waals surface area (Å²) in [6.45, 7) is 16.8. The summed E-state index contributed by atoms with van der Waals surface area (Å²) in [4.78, 5) is 22.7. The summed E-state index contributed by atoms with van der Waals surface area (Å²) in [7, 11) is 4.20. The van der Waals surface area contributed by atoms with E-state index in [0.29, 0.717) is 0 Å². The highest BCUT2D eigenvalue weighted by molar-refractivity contribution is 6.02. The molecule has 2 aliphatic rings. The van der Waals surface area contributed by atoms with E-state index >= 15 is 0 Å². The third-order valence-corrected chi connectivity index (χ3v) is 7.00. The SMILES string of the molecule is CN(CCN1CCNCC1)c1ccc(C(=O)C(C)(C)N(C)CCN2CCNCC2)cc1. The minimum atomic E-state index is -0.524. The van der Waals surface area contributed by atoms with E-state index < -0.39 is 5.54 Å². The van der Waals surface area contributed by atoms with Crippen LogP contribution in [0.1, 0.15) is 24.2 Å². The average molecular weight is 431 g/mol. The van der Waals surface area contributed by atoms with Gasteiger partial charge in [0, 0.05) is 96.8 Å². The zero-order chi connectivity index (χ0) is 22.3. The first-order chi connectivity index (χ1) is 14.9. The summed E-state index contributed by atoms with van der Waals surface area (Å²) in [5.41, 5.74) is 1.43. The van der Waals surface area contributed by atoms with Crippen LogP contribution in [0.25, 0.3) is 0 Å². The van der Waals surface area contributed by atoms with Crippen molar-refractivity contribution in [2.24, 2.45) is 0 Å². The Kier molecular flexibility index (Phi) is 8.86. The Balaban J connectivity index is 1.51. The maximum absolute atomic E-state index is 13.3. The topological polar surface area (TPSA) is 54.1 Å². The molecule has 2 aliphatic heterocycles. The first-order valence-corrected chi connectivity index (χ1v) is 11.8. The Bertz CT molecular complexity index is 680. The Labute approximate surface area is 188 Å². The molecular formula is C24H42N6O. The van der Waals surface area contributed by atoms with Crippen LogP contribution in [0.5, 0.6) is 0 Å². The van der Waals surface area contributed by atoms with Crippen molar-refractivity contribution >= 4 is 11.5 Å². The first kappa shape index (κ1) is 24.1. The first-order valence-electron chi connectivity index (χ1n) is 11.8. The smallest absolute Gasteiger partial charge is 0.182 e. The molecule has 0 aromatic heterocycles. The lowest BCUT2D eigenvalue weighted by molar-refractivity contribution is 0.0676. The highest BCUT2D eigenvalue weighted by Gasteiger charge is 2.33. The van der Waals surface area contributed by atoms with Crippen LogP contribution >= 0.6 is 0 Å². The number of nitrogens with zero attached hydrogens (tertiary/aromatic N) is 4. The number of carbonyl (C=O) groups is 1. The van der Waals surface area contributed by atoms with Crippen LogP contribution in [0.15, 0.2) is 24.3 Å². The average Bonchev–Trinajstić information content (AvgIpc) is 2.81. The molecule has 0 radical (unpaired) electrons. The largest absolute Gasteiger partial charge is 0.373 e. The van der Waals surface area contributed by atoms with Crippen LogP contribution in [0.3, 0.4) is 0 Å². The number of rotatable bonds is 10. The number of benzene rings is 1. The zero-order valence-corrected chi connectivity index (χ0v) is 20.0. The molecule has 2 N–H and O–H groups in total. The van der Waals surface area contributed by atoms with Gasteiger partial charge in [-0.15, -0.1) is 0 Å². The minimum Gasteiger partial charge on any atom is -0.373 e. The fourth-order valence-electron chi connectivity index (χ4n) is 4.25. The summed E-state index contributed by atoms with van der Waals surface area (Å²) in [6.07, 6.45) is 0. The van der Waals surface area contributed by atoms with Gasteiger partial charge in [0.2, 0.25) is 0 Å². The maximum atomic E-state index is 13.3. The molecule has 31 heavy (non-hydrogen) atoms. The monoisotopic (exact) mass is 430 g/mol. The van der Waals surface area contributed by atoms with Crippen LogP contribution in [-0.2, 0) is 0 Å². The summed E-state index contributed by atoms with van der Waals surface area (Å²) < 4.78 is 0. The zero-order valence-electron chi connectivity index (χ0n) is 20.0. The van der Waals surface area contributed by atoms with Crippen molar-refractivity contribution < 1.29 is 4.79 Å². The van der Waals surface area contributed by atoms with E-state index in [1.54, 1.807) is 0 Å². The lowest BCUT2D eigenvalue weighted by atomic mass is 9.91. The van der Waals surface area contributed by atoms with Gasteiger partial charge in [0.15, 0.2) is 5.78 Å². The van der Waals surface area contributed by atoms with Crippen LogP contribution in [0.4, 0.5) is 5.69 Å². The van der Waals surface area contributed by atoms with Crippen LogP contribution in [-0.4, -0.2) is 119 Å². The standard InChI is InChI=1S/C24H42N6O/c1-24(2,28(4)18-20-30-15-11-26-12-16-30)23(31)21-5-7-22(8-6-21)27(3)17-19-29-13-9-25-10-14-29/h5-8,25-26H,9-20H2,1-4H3. The molecule has 0 atom stereocenters. The molecule has 7 heteroatoms. The van der Waals surface area contributed by atoms with E-state index in [9.17, 15) is 4.79 Å². The van der Waals surface area contributed by atoms with Crippen molar-refractivity contribution in [1.82, 2.24) is 25.3 Å². The predicted molar refractivity (Wildman–Crippen MR) is 129 cm³/mol. The van der Waals surface area contributed by atoms with Gasteiger partial charge in [0.25, 0.3) is 0 Å². The molecule has 0 saturated carbocycles. The van der Waals surface area contributed by atoms with Gasteiger partial charge in [-0.2, -0.15) is 0 Å². The van der Waals surface area contributed by atoms with E-state index in [1.165, 1.54) is 0 Å². The molecule has 1 aromatic rings. The summed E-state index contributed by atoms with van der Waals surface area (Å²) in [6, 6.07) is 8.15. The molecule has 2 saturated heterocycles. The number of nitrogens with one attached hydrogen (secondary N) is 2. The Morgan fingerprint density at radius 1 is 0.871 bits per heavy atom. The van der Waals surface area contributed by atoms with Crippen molar-refractivity contribution in [3.63, 3.8) is 0 Å². The molecule has 7 nitrogen and oxygen atoms in total. The Morgan fingerprint density at radius 3 is 1.87 bits per heavy atom. The van der Waals surface area contributed by atoms with Gasteiger partial charge in [-0.1, -0.05) is 0 Å². The van der Waals surface area contributed by atoms with Crippen molar-refractivity contribution in [3.05, 3.63) is 29.8 Å². The molecule has 1 aromatic carbocycles. The molecule has 3 rings (SSSR count). The summed E-state index contributed by atoms with van der Waals surface area (Å²) in [5.74, 6) is 0.185. The highest BCUT2D eigenvalue weighted by atomic mass is 16.1. The second-order valence-corrected chi connectivity index (χ2v) is 9.46. The second-order valence-electron chi connectivity index (χ2n) is 9.46. The third kappa shape index (κ3) is 6.73. The molecule has 0 amide bonds. The molecule has 2 fully saturated rings. The van der Waals surface area contributed by atoms with Gasteiger partial charge in [-0.25, -0.2) is 0 Å². The lowest BCUT2D eigenvalue weighted by Gasteiger charge is -2.36. The fourth-order valence-corrected chi connectivity index (χ4v) is 4.25. The van der Waals surface area contributed by atoms with Gasteiger partial charge >= 0.3 is 0 Å². The molecule has 2 heterocycles. The van der Waals surface area contributed by atoms with Crippen molar-refractivity contribution in [1.29, 1.82) is 0 Å². The van der Waals surface area contributed by atoms with E-state index in [0.717, 1.165) is 89.8 Å². The number of piperazine rings is 2. The highest BCUT2D eigenvalue weighted by Crippen LogP contribution is 2.22. The fraction of sp³-hybridized carbons (Fsp3) is 0.708. The van der Waals surface area contributed by atoms with Crippen LogP contribution < -0.4 is 15.5 Å². The van der Waals surface area contributed by atoms with E-state index in [4.69, 9.17) is 0 Å². The molecule has 0 aliphatic carbocycles. The third-order valence-electron chi connectivity index (χ3n) is 7.00. The van der Waals surface area contributed by atoms with Gasteiger partial charge < -0.3 is 15.5 Å². The normalized spacial score (nSPS) is 19.0. The molecule has 174 valence electrons. The Hall–Kier alpha value is -1.51. The molecule has 0 bridgehead atoms. The van der Waals surface area contributed by atoms with Crippen molar-refractivity contribution in [2.75, 3.05) is 97.5 Å². The number of hydrogen-bond acceptors (Lipinski definition) is 7. The minimum absolute atomic E-state index is 0.185. The maximum Gasteiger partial charge on any atom is 0.182 e. The number of likely N-dealkylation sites (N-methyl/N-ethyl adjacent to an activating group) is 2. The van der Waals surface area contributed by atoms with Gasteiger partial charge in [0.1, 0.15) is 0 Å². The van der Waals surface area contributed by atoms with E-state index in [-0.39, 0.29) is 5.78 Å². The second kappa shape index (κ2) is 11.4. The number of anilines is 1. The quantitative estimate of drug-likeness (QED) is 0.533. The molecule has 0 spiro atoms. The summed E-state index contributed by atoms with van der Waals surface area (Å²) >= 11 is 0. The summed E-state index contributed by atoms with van der Waals surface area (Å²) in [5, 5.41) is 6.79. The van der Waals surface area contributed by atoms with E-state index in [1.807, 2.05) is 26.0 Å². The van der Waals surface area contributed by atoms with Crippen LogP contribution in [0.2, 0.25) is 0 Å². The number of hydrogen-bond donors (Lipinski definition) is 2. The number of Topliss-reactive ketones (excluding diaryl/α,β-unsaturated/α-hetero) is 1.